The molecular formula is C14H24N2. The van der Waals surface area contributed by atoms with Gasteiger partial charge in [0.1, 0.15) is 0 Å². The Hall–Kier alpha value is -0.0800. The first-order chi connectivity index (χ1) is 7.69. The lowest BCUT2D eigenvalue weighted by Gasteiger charge is -2.43. The van der Waals surface area contributed by atoms with Crippen LogP contribution >= 0.6 is 0 Å². The van der Waals surface area contributed by atoms with Crippen LogP contribution in [-0.2, 0) is 0 Å². The van der Waals surface area contributed by atoms with E-state index in [2.05, 4.69) is 23.9 Å². The molecule has 0 bridgehead atoms. The molecule has 2 saturated heterocycles. The van der Waals surface area contributed by atoms with E-state index in [-0.39, 0.29) is 0 Å². The van der Waals surface area contributed by atoms with Gasteiger partial charge in [-0.15, -0.1) is 0 Å². The molecule has 4 rings (SSSR count). The molecule has 0 aromatic heterocycles. The lowest BCUT2D eigenvalue weighted by molar-refractivity contribution is 0.0590. The molecule has 0 aromatic carbocycles. The summed E-state index contributed by atoms with van der Waals surface area (Å²) in [6, 6.07) is 1.77. The number of hydrogen-bond donors (Lipinski definition) is 0. The van der Waals surface area contributed by atoms with E-state index in [1.54, 1.807) is 0 Å². The van der Waals surface area contributed by atoms with E-state index in [0.717, 1.165) is 29.3 Å². The van der Waals surface area contributed by atoms with Gasteiger partial charge in [0.25, 0.3) is 0 Å². The Morgan fingerprint density at radius 3 is 2.50 bits per heavy atom. The quantitative estimate of drug-likeness (QED) is 0.665. The van der Waals surface area contributed by atoms with Crippen molar-refractivity contribution in [3.05, 3.63) is 0 Å². The predicted octanol–water partition coefficient (Wildman–Crippen LogP) is 1.81. The van der Waals surface area contributed by atoms with Crippen LogP contribution in [0, 0.1) is 17.3 Å². The molecule has 0 aromatic rings. The highest BCUT2D eigenvalue weighted by atomic mass is 15.3. The van der Waals surface area contributed by atoms with Gasteiger partial charge in [-0.3, -0.25) is 0 Å². The minimum absolute atomic E-state index is 0.811. The molecule has 1 spiro atoms. The summed E-state index contributed by atoms with van der Waals surface area (Å²) in [6.45, 7) is 2.74. The summed E-state index contributed by atoms with van der Waals surface area (Å²) >= 11 is 0. The maximum Gasteiger partial charge on any atom is 0.0280 e. The lowest BCUT2D eigenvalue weighted by Crippen LogP contribution is -2.52. The molecular weight excluding hydrogens is 196 g/mol. The van der Waals surface area contributed by atoms with E-state index in [4.69, 9.17) is 0 Å². The molecule has 0 N–H and O–H groups in total. The molecule has 4 unspecified atom stereocenters. The zero-order valence-electron chi connectivity index (χ0n) is 10.7. The molecule has 4 fully saturated rings. The SMILES string of the molecule is CN1CCC2(CC2)CC1C1C2CC2CN1C. The van der Waals surface area contributed by atoms with E-state index < -0.39 is 0 Å². The van der Waals surface area contributed by atoms with E-state index in [0.29, 0.717) is 0 Å². The van der Waals surface area contributed by atoms with Gasteiger partial charge in [-0.25, -0.2) is 0 Å². The van der Waals surface area contributed by atoms with E-state index in [1.165, 1.54) is 45.2 Å². The number of nitrogens with zero attached hydrogens (tertiary/aromatic N) is 2. The monoisotopic (exact) mass is 220 g/mol. The summed E-state index contributed by atoms with van der Waals surface area (Å²) in [5, 5.41) is 0. The van der Waals surface area contributed by atoms with Crippen molar-refractivity contribution in [1.82, 2.24) is 9.80 Å². The van der Waals surface area contributed by atoms with Crippen molar-refractivity contribution < 1.29 is 0 Å². The highest BCUT2D eigenvalue weighted by molar-refractivity contribution is 5.11. The topological polar surface area (TPSA) is 6.48 Å². The lowest BCUT2D eigenvalue weighted by atomic mass is 9.83. The summed E-state index contributed by atoms with van der Waals surface area (Å²) < 4.78 is 0. The van der Waals surface area contributed by atoms with Crippen LogP contribution in [-0.4, -0.2) is 49.1 Å². The molecule has 2 aliphatic heterocycles. The van der Waals surface area contributed by atoms with Crippen molar-refractivity contribution in [1.29, 1.82) is 0 Å². The minimum Gasteiger partial charge on any atom is -0.302 e. The van der Waals surface area contributed by atoms with Crippen LogP contribution in [0.1, 0.15) is 32.1 Å². The first-order valence-electron chi connectivity index (χ1n) is 7.09. The second kappa shape index (κ2) is 3.02. The van der Waals surface area contributed by atoms with Crippen LogP contribution in [0.15, 0.2) is 0 Å². The van der Waals surface area contributed by atoms with Gasteiger partial charge in [0.15, 0.2) is 0 Å². The molecule has 2 saturated carbocycles. The van der Waals surface area contributed by atoms with Crippen LogP contribution in [0.3, 0.4) is 0 Å². The Labute approximate surface area is 99.0 Å². The van der Waals surface area contributed by atoms with Gasteiger partial charge in [-0.05, 0) is 70.0 Å². The van der Waals surface area contributed by atoms with Crippen LogP contribution in [0.25, 0.3) is 0 Å². The third-order valence-corrected chi connectivity index (χ3v) is 6.00. The fraction of sp³-hybridized carbons (Fsp3) is 1.00. The highest BCUT2D eigenvalue weighted by Crippen LogP contribution is 2.58. The molecule has 0 amide bonds. The molecule has 2 nitrogen and oxygen atoms in total. The Kier molecular flexibility index (Phi) is 1.87. The summed E-state index contributed by atoms with van der Waals surface area (Å²) in [7, 11) is 4.72. The van der Waals surface area contributed by atoms with Crippen LogP contribution in [0.4, 0.5) is 0 Å². The number of likely N-dealkylation sites (tertiary alicyclic amines) is 2. The zero-order valence-corrected chi connectivity index (χ0v) is 10.7. The van der Waals surface area contributed by atoms with Crippen molar-refractivity contribution in [2.24, 2.45) is 17.3 Å². The van der Waals surface area contributed by atoms with Gasteiger partial charge < -0.3 is 9.80 Å². The third-order valence-electron chi connectivity index (χ3n) is 6.00. The van der Waals surface area contributed by atoms with E-state index in [9.17, 15) is 0 Å². The molecule has 16 heavy (non-hydrogen) atoms. The van der Waals surface area contributed by atoms with Gasteiger partial charge in [-0.1, -0.05) is 0 Å². The molecule has 2 heteroatoms. The molecule has 0 radical (unpaired) electrons. The number of hydrogen-bond acceptors (Lipinski definition) is 2. The molecule has 4 atom stereocenters. The molecule has 2 aliphatic carbocycles. The van der Waals surface area contributed by atoms with Gasteiger partial charge in [-0.2, -0.15) is 0 Å². The van der Waals surface area contributed by atoms with Crippen molar-refractivity contribution in [2.75, 3.05) is 27.2 Å². The first-order valence-corrected chi connectivity index (χ1v) is 7.09. The maximum atomic E-state index is 2.67. The molecule has 2 heterocycles. The summed E-state index contributed by atoms with van der Waals surface area (Å²) in [4.78, 5) is 5.34. The smallest absolute Gasteiger partial charge is 0.0280 e. The standard InChI is InChI=1S/C14H24N2/c1-15-6-5-14(3-4-14)8-12(15)13-11-7-10(11)9-16(13)2/h10-13H,3-9H2,1-2H3. The second-order valence-corrected chi connectivity index (χ2v) is 7.09. The highest BCUT2D eigenvalue weighted by Gasteiger charge is 2.57. The average Bonchev–Trinajstić information content (AvgIpc) is 3.14. The summed E-state index contributed by atoms with van der Waals surface area (Å²) in [6.07, 6.45) is 7.57. The maximum absolute atomic E-state index is 2.67. The fourth-order valence-electron chi connectivity index (χ4n) is 4.59. The first kappa shape index (κ1) is 9.90. The van der Waals surface area contributed by atoms with Crippen molar-refractivity contribution in [3.8, 4) is 0 Å². The Balaban J connectivity index is 1.56. The largest absolute Gasteiger partial charge is 0.302 e. The van der Waals surface area contributed by atoms with Gasteiger partial charge in [0.2, 0.25) is 0 Å². The third kappa shape index (κ3) is 1.32. The zero-order chi connectivity index (χ0) is 10.9. The van der Waals surface area contributed by atoms with E-state index in [1.807, 2.05) is 0 Å². The molecule has 4 aliphatic rings. The van der Waals surface area contributed by atoms with E-state index >= 15 is 0 Å². The predicted molar refractivity (Wildman–Crippen MR) is 65.3 cm³/mol. The summed E-state index contributed by atoms with van der Waals surface area (Å²) in [5.41, 5.74) is 0.811. The fourth-order valence-corrected chi connectivity index (χ4v) is 4.59. The summed E-state index contributed by atoms with van der Waals surface area (Å²) in [5.74, 6) is 2.13. The van der Waals surface area contributed by atoms with Crippen molar-refractivity contribution >= 4 is 0 Å². The number of rotatable bonds is 1. The second-order valence-electron chi connectivity index (χ2n) is 7.09. The number of likely N-dealkylation sites (N-methyl/N-ethyl adjacent to an activating group) is 2. The number of piperidine rings is 2. The molecule has 90 valence electrons. The van der Waals surface area contributed by atoms with Crippen LogP contribution in [0.2, 0.25) is 0 Å². The van der Waals surface area contributed by atoms with Crippen molar-refractivity contribution in [2.45, 2.75) is 44.2 Å². The Bertz CT molecular complexity index is 308. The Morgan fingerprint density at radius 1 is 1.06 bits per heavy atom. The van der Waals surface area contributed by atoms with Crippen LogP contribution in [0.5, 0.6) is 0 Å². The van der Waals surface area contributed by atoms with Gasteiger partial charge >= 0.3 is 0 Å². The van der Waals surface area contributed by atoms with Crippen molar-refractivity contribution in [3.63, 3.8) is 0 Å². The van der Waals surface area contributed by atoms with Gasteiger partial charge in [0.05, 0.1) is 0 Å². The normalized spacial score (nSPS) is 50.6. The number of fused-ring (bicyclic) bond motifs is 1. The minimum atomic E-state index is 0.811. The Morgan fingerprint density at radius 2 is 1.88 bits per heavy atom. The van der Waals surface area contributed by atoms with Crippen LogP contribution < -0.4 is 0 Å². The average molecular weight is 220 g/mol. The van der Waals surface area contributed by atoms with Gasteiger partial charge in [0, 0.05) is 18.6 Å².